The molecule has 0 saturated carbocycles. The number of aromatic nitrogens is 1. The van der Waals surface area contributed by atoms with E-state index in [-0.39, 0.29) is 0 Å². The summed E-state index contributed by atoms with van der Waals surface area (Å²) in [6.45, 7) is 4.86. The van der Waals surface area contributed by atoms with E-state index in [1.807, 2.05) is 12.1 Å². The molecule has 0 radical (unpaired) electrons. The van der Waals surface area contributed by atoms with Crippen LogP contribution < -0.4 is 10.1 Å². The van der Waals surface area contributed by atoms with Crippen molar-refractivity contribution in [3.8, 4) is 17.0 Å². The van der Waals surface area contributed by atoms with Gasteiger partial charge in [-0.1, -0.05) is 18.2 Å². The highest BCUT2D eigenvalue weighted by Gasteiger charge is 2.27. The minimum atomic E-state index is 0.507. The molecule has 3 aromatic rings. The number of benzene rings is 2. The van der Waals surface area contributed by atoms with Crippen molar-refractivity contribution in [3.05, 3.63) is 54.6 Å². The summed E-state index contributed by atoms with van der Waals surface area (Å²) in [7, 11) is 3.94. The molecule has 32 heavy (non-hydrogen) atoms. The van der Waals surface area contributed by atoms with Crippen LogP contribution in [-0.4, -0.2) is 67.2 Å². The molecule has 0 bridgehead atoms. The lowest BCUT2D eigenvalue weighted by molar-refractivity contribution is 0.0994. The lowest BCUT2D eigenvalue weighted by Gasteiger charge is -2.41. The highest BCUT2D eigenvalue weighted by molar-refractivity contribution is 5.93. The Hall–Kier alpha value is -2.63. The first-order chi connectivity index (χ1) is 15.7. The Morgan fingerprint density at radius 1 is 0.906 bits per heavy atom. The molecule has 0 spiro atoms. The van der Waals surface area contributed by atoms with E-state index in [4.69, 9.17) is 9.72 Å². The van der Waals surface area contributed by atoms with Gasteiger partial charge in [0.15, 0.2) is 0 Å². The predicted octanol–water partition coefficient (Wildman–Crippen LogP) is 4.88. The molecule has 5 rings (SSSR count). The average Bonchev–Trinajstić information content (AvgIpc) is 2.85. The van der Waals surface area contributed by atoms with E-state index in [9.17, 15) is 0 Å². The molecule has 1 aromatic heterocycles. The van der Waals surface area contributed by atoms with Gasteiger partial charge in [-0.3, -0.25) is 0 Å². The molecular formula is C27H34N4O. The summed E-state index contributed by atoms with van der Waals surface area (Å²) in [6.07, 6.45) is 5.02. The molecule has 2 aliphatic heterocycles. The van der Waals surface area contributed by atoms with Crippen LogP contribution in [0.3, 0.4) is 0 Å². The van der Waals surface area contributed by atoms with Crippen LogP contribution in [0, 0.1) is 0 Å². The lowest BCUT2D eigenvalue weighted by Crippen LogP contribution is -2.48. The summed E-state index contributed by atoms with van der Waals surface area (Å²) >= 11 is 0. The molecule has 0 unspecified atom stereocenters. The number of fused-ring (bicyclic) bond motifs is 1. The first-order valence-electron chi connectivity index (χ1n) is 11.9. The normalized spacial score (nSPS) is 19.3. The van der Waals surface area contributed by atoms with Gasteiger partial charge >= 0.3 is 0 Å². The van der Waals surface area contributed by atoms with Gasteiger partial charge in [0.1, 0.15) is 5.75 Å². The van der Waals surface area contributed by atoms with Gasteiger partial charge < -0.3 is 19.9 Å². The SMILES string of the molecule is COc1ccc(-c2cc(NC3CCN(C4CCN(C)CC4)CC3)c3ccccc3n2)cc1. The zero-order chi connectivity index (χ0) is 21.9. The topological polar surface area (TPSA) is 40.6 Å². The van der Waals surface area contributed by atoms with E-state index in [1.165, 1.54) is 62.9 Å². The zero-order valence-electron chi connectivity index (χ0n) is 19.3. The van der Waals surface area contributed by atoms with Crippen molar-refractivity contribution in [2.45, 2.75) is 37.8 Å². The number of nitrogens with one attached hydrogen (secondary N) is 1. The average molecular weight is 431 g/mol. The third kappa shape index (κ3) is 4.59. The van der Waals surface area contributed by atoms with Crippen molar-refractivity contribution in [1.29, 1.82) is 0 Å². The predicted molar refractivity (Wildman–Crippen MR) is 132 cm³/mol. The van der Waals surface area contributed by atoms with Crippen molar-refractivity contribution in [2.24, 2.45) is 0 Å². The Morgan fingerprint density at radius 2 is 1.62 bits per heavy atom. The number of piperidine rings is 2. The summed E-state index contributed by atoms with van der Waals surface area (Å²) in [4.78, 5) is 10.1. The van der Waals surface area contributed by atoms with Crippen LogP contribution in [0.25, 0.3) is 22.2 Å². The molecule has 5 heteroatoms. The second kappa shape index (κ2) is 9.47. The molecule has 0 amide bonds. The largest absolute Gasteiger partial charge is 0.497 e. The Bertz CT molecular complexity index is 1040. The fourth-order valence-corrected chi connectivity index (χ4v) is 5.19. The molecule has 5 nitrogen and oxygen atoms in total. The number of rotatable bonds is 5. The Morgan fingerprint density at radius 3 is 2.34 bits per heavy atom. The van der Waals surface area contributed by atoms with Gasteiger partial charge in [0.25, 0.3) is 0 Å². The van der Waals surface area contributed by atoms with Crippen molar-refractivity contribution in [1.82, 2.24) is 14.8 Å². The summed E-state index contributed by atoms with van der Waals surface area (Å²) in [6, 6.07) is 20.1. The summed E-state index contributed by atoms with van der Waals surface area (Å²) in [5, 5.41) is 5.08. The first-order valence-corrected chi connectivity index (χ1v) is 11.9. The van der Waals surface area contributed by atoms with Crippen molar-refractivity contribution in [3.63, 3.8) is 0 Å². The maximum Gasteiger partial charge on any atom is 0.118 e. The number of para-hydroxylation sites is 1. The molecule has 2 fully saturated rings. The van der Waals surface area contributed by atoms with Crippen LogP contribution in [0.1, 0.15) is 25.7 Å². The van der Waals surface area contributed by atoms with Crippen molar-refractivity contribution < 1.29 is 4.74 Å². The van der Waals surface area contributed by atoms with Gasteiger partial charge in [-0.05, 0) is 82.2 Å². The molecule has 1 N–H and O–H groups in total. The Labute approximate surface area is 191 Å². The second-order valence-electron chi connectivity index (χ2n) is 9.29. The molecule has 2 saturated heterocycles. The van der Waals surface area contributed by atoms with Gasteiger partial charge in [-0.25, -0.2) is 4.98 Å². The number of hydrogen-bond acceptors (Lipinski definition) is 5. The molecule has 3 heterocycles. The van der Waals surface area contributed by atoms with Gasteiger partial charge in [-0.15, -0.1) is 0 Å². The van der Waals surface area contributed by atoms with Crippen LogP contribution in [0.4, 0.5) is 5.69 Å². The summed E-state index contributed by atoms with van der Waals surface area (Å²) < 4.78 is 5.32. The summed E-state index contributed by atoms with van der Waals surface area (Å²) in [5.74, 6) is 0.865. The third-order valence-electron chi connectivity index (χ3n) is 7.20. The van der Waals surface area contributed by atoms with E-state index >= 15 is 0 Å². The van der Waals surface area contributed by atoms with Gasteiger partial charge in [0.05, 0.1) is 18.3 Å². The quantitative estimate of drug-likeness (QED) is 0.625. The number of pyridine rings is 1. The Balaban J connectivity index is 1.32. The van der Waals surface area contributed by atoms with Crippen LogP contribution in [0.2, 0.25) is 0 Å². The minimum absolute atomic E-state index is 0.507. The van der Waals surface area contributed by atoms with Crippen LogP contribution in [-0.2, 0) is 0 Å². The maximum absolute atomic E-state index is 5.32. The molecule has 0 atom stereocenters. The smallest absolute Gasteiger partial charge is 0.118 e. The highest BCUT2D eigenvalue weighted by atomic mass is 16.5. The van der Waals surface area contributed by atoms with E-state index in [0.29, 0.717) is 6.04 Å². The Kier molecular flexibility index (Phi) is 6.28. The van der Waals surface area contributed by atoms with Crippen LogP contribution in [0.5, 0.6) is 5.75 Å². The maximum atomic E-state index is 5.32. The third-order valence-corrected chi connectivity index (χ3v) is 7.20. The van der Waals surface area contributed by atoms with Gasteiger partial charge in [-0.2, -0.15) is 0 Å². The lowest BCUT2D eigenvalue weighted by atomic mass is 9.97. The fourth-order valence-electron chi connectivity index (χ4n) is 5.19. The summed E-state index contributed by atoms with van der Waals surface area (Å²) in [5.41, 5.74) is 4.33. The number of ether oxygens (including phenoxy) is 1. The standard InChI is InChI=1S/C27H34N4O/c1-30-15-13-22(14-16-30)31-17-11-21(12-18-31)28-27-19-26(20-7-9-23(32-2)10-8-20)29-25-6-4-3-5-24(25)27/h3-10,19,21-22H,11-18H2,1-2H3,(H,28,29). The molecule has 168 valence electrons. The zero-order valence-corrected chi connectivity index (χ0v) is 19.3. The second-order valence-corrected chi connectivity index (χ2v) is 9.29. The minimum Gasteiger partial charge on any atom is -0.497 e. The van der Waals surface area contributed by atoms with Crippen LogP contribution >= 0.6 is 0 Å². The van der Waals surface area contributed by atoms with Crippen molar-refractivity contribution in [2.75, 3.05) is 45.7 Å². The van der Waals surface area contributed by atoms with E-state index in [1.54, 1.807) is 7.11 Å². The molecular weight excluding hydrogens is 396 g/mol. The van der Waals surface area contributed by atoms with E-state index in [2.05, 4.69) is 64.6 Å². The number of anilines is 1. The van der Waals surface area contributed by atoms with Gasteiger partial charge in [0, 0.05) is 41.8 Å². The first kappa shape index (κ1) is 21.2. The van der Waals surface area contributed by atoms with Crippen molar-refractivity contribution >= 4 is 16.6 Å². The van der Waals surface area contributed by atoms with E-state index in [0.717, 1.165) is 28.6 Å². The van der Waals surface area contributed by atoms with Crippen LogP contribution in [0.15, 0.2) is 54.6 Å². The van der Waals surface area contributed by atoms with Gasteiger partial charge in [0.2, 0.25) is 0 Å². The highest BCUT2D eigenvalue weighted by Crippen LogP contribution is 2.31. The molecule has 0 aliphatic carbocycles. The number of hydrogen-bond donors (Lipinski definition) is 1. The molecule has 2 aliphatic rings. The molecule has 2 aromatic carbocycles. The monoisotopic (exact) mass is 430 g/mol. The fraction of sp³-hybridized carbons (Fsp3) is 0.444. The number of nitrogens with zero attached hydrogens (tertiary/aromatic N) is 3. The number of likely N-dealkylation sites (tertiary alicyclic amines) is 2. The van der Waals surface area contributed by atoms with E-state index < -0.39 is 0 Å². The number of methoxy groups -OCH3 is 1.